The molecule has 0 aromatic carbocycles. The summed E-state index contributed by atoms with van der Waals surface area (Å²) in [5, 5.41) is 5.85. The number of fused-ring (bicyclic) bond motifs is 1. The van der Waals surface area contributed by atoms with Crippen LogP contribution in [0.15, 0.2) is 0 Å². The molecule has 3 fully saturated rings. The van der Waals surface area contributed by atoms with Gasteiger partial charge in [0, 0.05) is 24.7 Å². The van der Waals surface area contributed by atoms with Crippen LogP contribution in [0.5, 0.6) is 0 Å². The Morgan fingerprint density at radius 3 is 2.65 bits per heavy atom. The van der Waals surface area contributed by atoms with E-state index in [1.807, 2.05) is 0 Å². The van der Waals surface area contributed by atoms with Crippen molar-refractivity contribution in [2.45, 2.75) is 50.2 Å². The molecule has 7 heteroatoms. The van der Waals surface area contributed by atoms with Gasteiger partial charge >= 0.3 is 6.03 Å². The molecule has 3 atom stereocenters. The Morgan fingerprint density at radius 2 is 1.90 bits per heavy atom. The van der Waals surface area contributed by atoms with Crippen molar-refractivity contribution in [1.82, 2.24) is 15.5 Å². The summed E-state index contributed by atoms with van der Waals surface area (Å²) in [6.07, 6.45) is 5.19. The summed E-state index contributed by atoms with van der Waals surface area (Å²) < 4.78 is 22.8. The Bertz CT molecular complexity index is 479. The van der Waals surface area contributed by atoms with Crippen LogP contribution in [0.4, 0.5) is 4.79 Å². The number of hydrogen-bond donors (Lipinski definition) is 2. The van der Waals surface area contributed by atoms with Crippen LogP contribution in [0.3, 0.4) is 0 Å². The number of piperidine rings is 1. The zero-order valence-corrected chi connectivity index (χ0v) is 12.5. The molecule has 6 nitrogen and oxygen atoms in total. The van der Waals surface area contributed by atoms with Crippen LogP contribution in [-0.4, -0.2) is 62.1 Å². The SMILES string of the molecule is O=C(N[C@@H]1CCS(=O)(=O)C1)N[C@@H]1CCN2CCCC[C@H]12. The van der Waals surface area contributed by atoms with Crippen molar-refractivity contribution in [3.63, 3.8) is 0 Å². The largest absolute Gasteiger partial charge is 0.334 e. The average molecular weight is 301 g/mol. The summed E-state index contributed by atoms with van der Waals surface area (Å²) in [4.78, 5) is 14.5. The Balaban J connectivity index is 1.49. The molecular weight excluding hydrogens is 278 g/mol. The molecule has 0 aromatic heterocycles. The minimum Gasteiger partial charge on any atom is -0.334 e. The lowest BCUT2D eigenvalue weighted by Crippen LogP contribution is -2.51. The van der Waals surface area contributed by atoms with Gasteiger partial charge < -0.3 is 10.6 Å². The van der Waals surface area contributed by atoms with Gasteiger partial charge in [-0.2, -0.15) is 0 Å². The lowest BCUT2D eigenvalue weighted by molar-refractivity contribution is 0.178. The third-order valence-corrected chi connectivity index (χ3v) is 6.51. The Kier molecular flexibility index (Phi) is 3.90. The topological polar surface area (TPSA) is 78.5 Å². The first-order chi connectivity index (χ1) is 9.53. The van der Waals surface area contributed by atoms with E-state index in [9.17, 15) is 13.2 Å². The highest BCUT2D eigenvalue weighted by atomic mass is 32.2. The summed E-state index contributed by atoms with van der Waals surface area (Å²) in [6.45, 7) is 2.21. The third-order valence-electron chi connectivity index (χ3n) is 4.74. The number of carbonyl (C=O) groups excluding carboxylic acids is 1. The molecular formula is C13H23N3O3S. The van der Waals surface area contributed by atoms with E-state index in [4.69, 9.17) is 0 Å². The van der Waals surface area contributed by atoms with Crippen molar-refractivity contribution in [3.8, 4) is 0 Å². The molecule has 114 valence electrons. The Morgan fingerprint density at radius 1 is 1.05 bits per heavy atom. The van der Waals surface area contributed by atoms with E-state index in [-0.39, 0.29) is 29.6 Å². The van der Waals surface area contributed by atoms with Gasteiger partial charge in [-0.3, -0.25) is 4.90 Å². The Hall–Kier alpha value is -0.820. The summed E-state index contributed by atoms with van der Waals surface area (Å²) >= 11 is 0. The quantitative estimate of drug-likeness (QED) is 0.758. The van der Waals surface area contributed by atoms with Gasteiger partial charge in [0.2, 0.25) is 0 Å². The first-order valence-electron chi connectivity index (χ1n) is 7.55. The van der Waals surface area contributed by atoms with E-state index in [0.717, 1.165) is 25.9 Å². The number of nitrogens with zero attached hydrogens (tertiary/aromatic N) is 1. The van der Waals surface area contributed by atoms with Crippen molar-refractivity contribution in [2.75, 3.05) is 24.6 Å². The van der Waals surface area contributed by atoms with Crippen molar-refractivity contribution < 1.29 is 13.2 Å². The summed E-state index contributed by atoms with van der Waals surface area (Å²) in [7, 11) is -2.94. The first-order valence-corrected chi connectivity index (χ1v) is 9.37. The van der Waals surface area contributed by atoms with E-state index >= 15 is 0 Å². The van der Waals surface area contributed by atoms with Gasteiger partial charge in [-0.1, -0.05) is 6.42 Å². The van der Waals surface area contributed by atoms with Crippen LogP contribution < -0.4 is 10.6 Å². The van der Waals surface area contributed by atoms with Crippen LogP contribution in [-0.2, 0) is 9.84 Å². The van der Waals surface area contributed by atoms with Gasteiger partial charge in [-0.25, -0.2) is 13.2 Å². The molecule has 0 spiro atoms. The molecule has 3 aliphatic heterocycles. The van der Waals surface area contributed by atoms with Gasteiger partial charge in [-0.15, -0.1) is 0 Å². The number of urea groups is 1. The van der Waals surface area contributed by atoms with Gasteiger partial charge in [-0.05, 0) is 32.2 Å². The summed E-state index contributed by atoms with van der Waals surface area (Å²) in [6, 6.07) is 0.267. The molecule has 0 aliphatic carbocycles. The molecule has 3 saturated heterocycles. The predicted octanol–water partition coefficient (Wildman–Crippen LogP) is 0.0995. The number of carbonyl (C=O) groups is 1. The maximum absolute atomic E-state index is 12.0. The number of hydrogen-bond acceptors (Lipinski definition) is 4. The number of amides is 2. The molecule has 20 heavy (non-hydrogen) atoms. The van der Waals surface area contributed by atoms with E-state index in [2.05, 4.69) is 15.5 Å². The summed E-state index contributed by atoms with van der Waals surface area (Å²) in [5.74, 6) is 0.276. The van der Waals surface area contributed by atoms with Crippen LogP contribution in [0.1, 0.15) is 32.1 Å². The highest BCUT2D eigenvalue weighted by Crippen LogP contribution is 2.27. The third kappa shape index (κ3) is 3.09. The zero-order chi connectivity index (χ0) is 14.2. The Labute approximate surface area is 120 Å². The second kappa shape index (κ2) is 5.52. The molecule has 2 N–H and O–H groups in total. The second-order valence-corrected chi connectivity index (χ2v) is 8.44. The lowest BCUT2D eigenvalue weighted by Gasteiger charge is -2.32. The van der Waals surface area contributed by atoms with Crippen LogP contribution >= 0.6 is 0 Å². The van der Waals surface area contributed by atoms with Crippen LogP contribution in [0, 0.1) is 0 Å². The number of sulfone groups is 1. The normalized spacial score (nSPS) is 36.5. The smallest absolute Gasteiger partial charge is 0.315 e. The highest BCUT2D eigenvalue weighted by molar-refractivity contribution is 7.91. The standard InChI is InChI=1S/C13H23N3O3S/c17-13(14-10-5-8-20(18,19)9-10)15-11-4-7-16-6-2-1-3-12(11)16/h10-12H,1-9H2,(H2,14,15,17)/t10-,11-,12-/m1/s1. The minimum atomic E-state index is -2.94. The van der Waals surface area contributed by atoms with E-state index < -0.39 is 9.84 Å². The fourth-order valence-electron chi connectivity index (χ4n) is 3.72. The minimum absolute atomic E-state index is 0.0840. The van der Waals surface area contributed by atoms with Gasteiger partial charge in [0.05, 0.1) is 11.5 Å². The molecule has 0 radical (unpaired) electrons. The van der Waals surface area contributed by atoms with Crippen LogP contribution in [0.2, 0.25) is 0 Å². The van der Waals surface area contributed by atoms with Crippen molar-refractivity contribution in [2.24, 2.45) is 0 Å². The fourth-order valence-corrected chi connectivity index (χ4v) is 5.39. The van der Waals surface area contributed by atoms with Crippen molar-refractivity contribution in [1.29, 1.82) is 0 Å². The maximum atomic E-state index is 12.0. The number of rotatable bonds is 2. The number of nitrogens with one attached hydrogen (secondary N) is 2. The highest BCUT2D eigenvalue weighted by Gasteiger charge is 2.37. The molecule has 3 aliphatic rings. The lowest BCUT2D eigenvalue weighted by atomic mass is 9.99. The molecule has 0 aromatic rings. The summed E-state index contributed by atoms with van der Waals surface area (Å²) in [5.41, 5.74) is 0. The van der Waals surface area contributed by atoms with Gasteiger partial charge in [0.25, 0.3) is 0 Å². The molecule has 2 amide bonds. The molecule has 3 rings (SSSR count). The molecule has 0 bridgehead atoms. The van der Waals surface area contributed by atoms with Crippen molar-refractivity contribution in [3.05, 3.63) is 0 Å². The van der Waals surface area contributed by atoms with Gasteiger partial charge in [0.1, 0.15) is 0 Å². The van der Waals surface area contributed by atoms with Crippen LogP contribution in [0.25, 0.3) is 0 Å². The molecule has 3 heterocycles. The molecule has 0 saturated carbocycles. The monoisotopic (exact) mass is 301 g/mol. The second-order valence-electron chi connectivity index (χ2n) is 6.21. The first kappa shape index (κ1) is 14.1. The predicted molar refractivity (Wildman–Crippen MR) is 76.3 cm³/mol. The van der Waals surface area contributed by atoms with E-state index in [0.29, 0.717) is 12.5 Å². The van der Waals surface area contributed by atoms with Gasteiger partial charge in [0.15, 0.2) is 9.84 Å². The van der Waals surface area contributed by atoms with E-state index in [1.165, 1.54) is 12.8 Å². The van der Waals surface area contributed by atoms with E-state index in [1.54, 1.807) is 0 Å². The zero-order valence-electron chi connectivity index (χ0n) is 11.7. The van der Waals surface area contributed by atoms with Crippen molar-refractivity contribution >= 4 is 15.9 Å². The fraction of sp³-hybridized carbons (Fsp3) is 0.923. The molecule has 0 unspecified atom stereocenters. The maximum Gasteiger partial charge on any atom is 0.315 e. The average Bonchev–Trinajstić information content (AvgIpc) is 2.94.